The lowest BCUT2D eigenvalue weighted by Gasteiger charge is -2.37. The standard InChI is InChI=1S/C25H28N4O2/c26-22(23(30)31)17-10-18-28-24(27)29-25(19-11-4-1-5-12-19,20-13-6-2-7-14-20)21-15-8-3-9-16-21/h1-9,11-16,22H,10,17-18,26H2,(H,30,31)(H3,27,28,29). The Labute approximate surface area is 182 Å². The van der Waals surface area contributed by atoms with E-state index in [-0.39, 0.29) is 5.96 Å². The summed E-state index contributed by atoms with van der Waals surface area (Å²) in [6.07, 6.45) is 0.873. The molecule has 0 aliphatic carbocycles. The second kappa shape index (κ2) is 10.4. The van der Waals surface area contributed by atoms with Crippen LogP contribution < -0.4 is 16.8 Å². The van der Waals surface area contributed by atoms with E-state index in [2.05, 4.69) is 46.7 Å². The van der Waals surface area contributed by atoms with Crippen LogP contribution >= 0.6 is 0 Å². The molecule has 0 aromatic heterocycles. The molecule has 0 bridgehead atoms. The Balaban J connectivity index is 1.98. The molecule has 3 aromatic rings. The van der Waals surface area contributed by atoms with Crippen molar-refractivity contribution in [3.63, 3.8) is 0 Å². The number of carboxylic acids is 1. The number of rotatable bonds is 9. The van der Waals surface area contributed by atoms with Crippen molar-refractivity contribution in [1.29, 1.82) is 0 Å². The number of nitrogens with zero attached hydrogens (tertiary/aromatic N) is 1. The third-order valence-corrected chi connectivity index (χ3v) is 5.21. The molecule has 0 spiro atoms. The molecule has 6 N–H and O–H groups in total. The van der Waals surface area contributed by atoms with E-state index in [4.69, 9.17) is 16.6 Å². The predicted octanol–water partition coefficient (Wildman–Crippen LogP) is 3.07. The maximum atomic E-state index is 10.9. The minimum atomic E-state index is -1.01. The van der Waals surface area contributed by atoms with Crippen molar-refractivity contribution in [2.24, 2.45) is 16.5 Å². The van der Waals surface area contributed by atoms with Crippen molar-refractivity contribution in [1.82, 2.24) is 5.32 Å². The smallest absolute Gasteiger partial charge is 0.320 e. The number of guanidine groups is 1. The summed E-state index contributed by atoms with van der Waals surface area (Å²) in [5, 5.41) is 12.4. The lowest BCUT2D eigenvalue weighted by molar-refractivity contribution is -0.138. The lowest BCUT2D eigenvalue weighted by atomic mass is 9.77. The first kappa shape index (κ1) is 22.1. The number of nitrogens with two attached hydrogens (primary N) is 2. The van der Waals surface area contributed by atoms with Gasteiger partial charge in [0.05, 0.1) is 0 Å². The van der Waals surface area contributed by atoms with E-state index in [9.17, 15) is 4.79 Å². The van der Waals surface area contributed by atoms with Crippen LogP contribution in [0.25, 0.3) is 0 Å². The van der Waals surface area contributed by atoms with Gasteiger partial charge in [-0.05, 0) is 29.5 Å². The van der Waals surface area contributed by atoms with E-state index in [1.807, 2.05) is 54.6 Å². The molecular weight excluding hydrogens is 388 g/mol. The summed E-state index contributed by atoms with van der Waals surface area (Å²) in [4.78, 5) is 15.3. The molecule has 0 heterocycles. The number of carboxylic acid groups (broad SMARTS) is 1. The maximum Gasteiger partial charge on any atom is 0.320 e. The van der Waals surface area contributed by atoms with Gasteiger partial charge >= 0.3 is 5.97 Å². The van der Waals surface area contributed by atoms with Gasteiger partial charge in [-0.15, -0.1) is 0 Å². The highest BCUT2D eigenvalue weighted by atomic mass is 16.4. The highest BCUT2D eigenvalue weighted by Gasteiger charge is 2.36. The molecule has 0 fully saturated rings. The number of benzene rings is 3. The molecule has 0 aliphatic rings. The highest BCUT2D eigenvalue weighted by Crippen LogP contribution is 2.36. The van der Waals surface area contributed by atoms with Crippen LogP contribution in [0, 0.1) is 0 Å². The summed E-state index contributed by atoms with van der Waals surface area (Å²) in [5.41, 5.74) is 14.2. The first-order chi connectivity index (χ1) is 15.0. The average molecular weight is 417 g/mol. The molecule has 1 unspecified atom stereocenters. The van der Waals surface area contributed by atoms with Crippen LogP contribution in [0.15, 0.2) is 96.0 Å². The maximum absolute atomic E-state index is 10.9. The molecule has 0 amide bonds. The summed E-state index contributed by atoms with van der Waals surface area (Å²) < 4.78 is 0. The average Bonchev–Trinajstić information content (AvgIpc) is 2.82. The molecule has 3 aromatic carbocycles. The Morgan fingerprint density at radius 3 is 1.68 bits per heavy atom. The van der Waals surface area contributed by atoms with Crippen LogP contribution in [0.4, 0.5) is 0 Å². The van der Waals surface area contributed by atoms with E-state index in [1.165, 1.54) is 0 Å². The molecule has 6 heteroatoms. The van der Waals surface area contributed by atoms with Crippen molar-refractivity contribution < 1.29 is 9.90 Å². The van der Waals surface area contributed by atoms with Gasteiger partial charge in [0.15, 0.2) is 5.96 Å². The van der Waals surface area contributed by atoms with Gasteiger partial charge in [-0.2, -0.15) is 0 Å². The first-order valence-electron chi connectivity index (χ1n) is 10.3. The van der Waals surface area contributed by atoms with Crippen LogP contribution in [-0.2, 0) is 10.3 Å². The van der Waals surface area contributed by atoms with E-state index >= 15 is 0 Å². The lowest BCUT2D eigenvalue weighted by Crippen LogP contribution is -2.50. The fourth-order valence-electron chi connectivity index (χ4n) is 3.65. The fraction of sp³-hybridized carbons (Fsp3) is 0.200. The molecule has 31 heavy (non-hydrogen) atoms. The van der Waals surface area contributed by atoms with Gasteiger partial charge in [0, 0.05) is 6.54 Å². The number of hydrogen-bond donors (Lipinski definition) is 4. The number of aliphatic carboxylic acids is 1. The largest absolute Gasteiger partial charge is 0.480 e. The Kier molecular flexibility index (Phi) is 7.40. The van der Waals surface area contributed by atoms with Gasteiger partial charge in [0.2, 0.25) is 0 Å². The van der Waals surface area contributed by atoms with Crippen molar-refractivity contribution in [3.05, 3.63) is 108 Å². The Morgan fingerprint density at radius 2 is 1.29 bits per heavy atom. The van der Waals surface area contributed by atoms with Crippen LogP contribution in [0.1, 0.15) is 29.5 Å². The molecule has 0 saturated carbocycles. The van der Waals surface area contributed by atoms with Crippen molar-refractivity contribution >= 4 is 11.9 Å². The second-order valence-corrected chi connectivity index (χ2v) is 7.33. The summed E-state index contributed by atoms with van der Waals surface area (Å²) in [6, 6.07) is 29.4. The highest BCUT2D eigenvalue weighted by molar-refractivity contribution is 5.80. The number of nitrogens with one attached hydrogen (secondary N) is 1. The third kappa shape index (κ3) is 5.29. The minimum Gasteiger partial charge on any atom is -0.480 e. The third-order valence-electron chi connectivity index (χ3n) is 5.21. The molecule has 0 radical (unpaired) electrons. The van der Waals surface area contributed by atoms with Gasteiger partial charge in [0.25, 0.3) is 0 Å². The van der Waals surface area contributed by atoms with Crippen molar-refractivity contribution in [2.75, 3.05) is 6.54 Å². The van der Waals surface area contributed by atoms with Gasteiger partial charge < -0.3 is 21.9 Å². The Morgan fingerprint density at radius 1 is 0.871 bits per heavy atom. The Hall–Kier alpha value is -3.64. The quantitative estimate of drug-likeness (QED) is 0.185. The van der Waals surface area contributed by atoms with E-state index in [0.29, 0.717) is 19.4 Å². The molecule has 0 saturated heterocycles. The van der Waals surface area contributed by atoms with Gasteiger partial charge in [-0.25, -0.2) is 0 Å². The summed E-state index contributed by atoms with van der Waals surface area (Å²) >= 11 is 0. The van der Waals surface area contributed by atoms with Crippen LogP contribution in [-0.4, -0.2) is 29.6 Å². The van der Waals surface area contributed by atoms with E-state index in [0.717, 1.165) is 16.7 Å². The zero-order valence-corrected chi connectivity index (χ0v) is 17.3. The topological polar surface area (TPSA) is 114 Å². The van der Waals surface area contributed by atoms with E-state index in [1.54, 1.807) is 0 Å². The van der Waals surface area contributed by atoms with Crippen molar-refractivity contribution in [3.8, 4) is 0 Å². The van der Waals surface area contributed by atoms with Gasteiger partial charge in [-0.3, -0.25) is 9.79 Å². The first-order valence-corrected chi connectivity index (χ1v) is 10.3. The molecule has 0 aliphatic heterocycles. The number of carbonyl (C=O) groups is 1. The monoisotopic (exact) mass is 416 g/mol. The van der Waals surface area contributed by atoms with Crippen LogP contribution in [0.5, 0.6) is 0 Å². The number of hydrogen-bond acceptors (Lipinski definition) is 3. The summed E-state index contributed by atoms with van der Waals surface area (Å²) in [7, 11) is 0. The molecule has 3 rings (SSSR count). The second-order valence-electron chi connectivity index (χ2n) is 7.33. The minimum absolute atomic E-state index is 0.278. The SMILES string of the molecule is NC(=NCCCC(N)C(=O)O)NC(c1ccccc1)(c1ccccc1)c1ccccc1. The van der Waals surface area contributed by atoms with Gasteiger partial charge in [0.1, 0.15) is 11.6 Å². The molecule has 160 valence electrons. The normalized spacial score (nSPS) is 12.9. The Bertz CT molecular complexity index is 895. The molecule has 1 atom stereocenters. The van der Waals surface area contributed by atoms with Crippen molar-refractivity contribution in [2.45, 2.75) is 24.4 Å². The molecule has 6 nitrogen and oxygen atoms in total. The summed E-state index contributed by atoms with van der Waals surface area (Å²) in [5.74, 6) is -0.730. The zero-order chi connectivity index (χ0) is 22.1. The molecular formula is C25H28N4O2. The zero-order valence-electron chi connectivity index (χ0n) is 17.3. The number of aliphatic imine (C=N–C) groups is 1. The van der Waals surface area contributed by atoms with Crippen LogP contribution in [0.3, 0.4) is 0 Å². The fourth-order valence-corrected chi connectivity index (χ4v) is 3.65. The van der Waals surface area contributed by atoms with Gasteiger partial charge in [-0.1, -0.05) is 91.0 Å². The van der Waals surface area contributed by atoms with Crippen LogP contribution in [0.2, 0.25) is 0 Å². The van der Waals surface area contributed by atoms with E-state index < -0.39 is 17.6 Å². The summed E-state index contributed by atoms with van der Waals surface area (Å²) in [6.45, 7) is 0.383. The predicted molar refractivity (Wildman–Crippen MR) is 124 cm³/mol.